The van der Waals surface area contributed by atoms with E-state index < -0.39 is 5.91 Å². The summed E-state index contributed by atoms with van der Waals surface area (Å²) < 4.78 is 1.81. The Labute approximate surface area is 204 Å². The van der Waals surface area contributed by atoms with E-state index >= 15 is 0 Å². The monoisotopic (exact) mass is 494 g/mol. The highest BCUT2D eigenvalue weighted by atomic mass is 32.2. The molecule has 2 heterocycles. The highest BCUT2D eigenvalue weighted by molar-refractivity contribution is 8.26. The first-order valence-corrected chi connectivity index (χ1v) is 12.0. The maximum atomic E-state index is 12.8. The number of thiocarbonyl (C=S) groups is 1. The average molecular weight is 495 g/mol. The number of tetrazole rings is 1. The molecule has 2 amide bonds. The molecule has 1 aliphatic rings. The molecule has 0 radical (unpaired) electrons. The number of hydrazine groups is 1. The Morgan fingerprint density at radius 3 is 2.58 bits per heavy atom. The third-order valence-electron chi connectivity index (χ3n) is 4.36. The van der Waals surface area contributed by atoms with E-state index in [0.29, 0.717) is 10.1 Å². The molecule has 1 aromatic heterocycles. The van der Waals surface area contributed by atoms with Gasteiger partial charge >= 0.3 is 0 Å². The lowest BCUT2D eigenvalue weighted by Crippen LogP contribution is -2.45. The number of nitrogens with one attached hydrogen (secondary N) is 1. The van der Waals surface area contributed by atoms with Gasteiger partial charge in [0, 0.05) is 0 Å². The standard InChI is InChI=1S/C22H18N6O2S3/c1-15(12-16-8-4-2-5-9-16)13-18-20(30)28(22(31)33-18)24-19(29)14-32-21-23-25-26-27(21)17-10-6-3-7-11-17/h2-13H,14H2,1H3,(H,24,29)/b15-12+,18-13-. The van der Waals surface area contributed by atoms with Gasteiger partial charge in [0.2, 0.25) is 11.1 Å². The Morgan fingerprint density at radius 2 is 1.85 bits per heavy atom. The third kappa shape index (κ3) is 5.75. The second-order valence-electron chi connectivity index (χ2n) is 6.85. The summed E-state index contributed by atoms with van der Waals surface area (Å²) >= 11 is 7.60. The predicted molar refractivity (Wildman–Crippen MR) is 133 cm³/mol. The van der Waals surface area contributed by atoms with Crippen molar-refractivity contribution in [1.29, 1.82) is 0 Å². The minimum atomic E-state index is -0.392. The quantitative estimate of drug-likeness (QED) is 0.302. The Kier molecular flexibility index (Phi) is 7.33. The molecule has 1 N–H and O–H groups in total. The van der Waals surface area contributed by atoms with Crippen LogP contribution in [0, 0.1) is 0 Å². The van der Waals surface area contributed by atoms with Crippen LogP contribution in [0.4, 0.5) is 0 Å². The van der Waals surface area contributed by atoms with Gasteiger partial charge in [0.25, 0.3) is 5.91 Å². The molecular weight excluding hydrogens is 476 g/mol. The number of amides is 2. The van der Waals surface area contributed by atoms with Gasteiger partial charge in [-0.05, 0) is 58.9 Å². The molecule has 1 aliphatic heterocycles. The highest BCUT2D eigenvalue weighted by Crippen LogP contribution is 2.31. The zero-order chi connectivity index (χ0) is 23.2. The molecule has 1 saturated heterocycles. The Morgan fingerprint density at radius 1 is 1.15 bits per heavy atom. The molecule has 0 bridgehead atoms. The molecular formula is C22H18N6O2S3. The van der Waals surface area contributed by atoms with Crippen molar-refractivity contribution in [2.24, 2.45) is 0 Å². The molecule has 11 heteroatoms. The first-order valence-electron chi connectivity index (χ1n) is 9.78. The van der Waals surface area contributed by atoms with Crippen molar-refractivity contribution in [3.8, 4) is 5.69 Å². The number of hydrogen-bond acceptors (Lipinski definition) is 8. The lowest BCUT2D eigenvalue weighted by atomic mass is 10.1. The van der Waals surface area contributed by atoms with Gasteiger partial charge in [-0.3, -0.25) is 15.0 Å². The zero-order valence-corrected chi connectivity index (χ0v) is 19.9. The van der Waals surface area contributed by atoms with Crippen LogP contribution in [-0.2, 0) is 9.59 Å². The number of thioether (sulfide) groups is 2. The first-order chi connectivity index (χ1) is 16.0. The van der Waals surface area contributed by atoms with Crippen LogP contribution >= 0.6 is 35.7 Å². The number of hydrogen-bond donors (Lipinski definition) is 1. The smallest absolute Gasteiger partial charge is 0.272 e. The van der Waals surface area contributed by atoms with Crippen LogP contribution in [0.15, 0.2) is 82.4 Å². The predicted octanol–water partition coefficient (Wildman–Crippen LogP) is 3.63. The summed E-state index contributed by atoms with van der Waals surface area (Å²) in [7, 11) is 0. The van der Waals surface area contributed by atoms with Crippen molar-refractivity contribution >= 4 is 58.0 Å². The van der Waals surface area contributed by atoms with Crippen molar-refractivity contribution in [2.45, 2.75) is 12.1 Å². The second-order valence-corrected chi connectivity index (χ2v) is 9.47. The normalized spacial score (nSPS) is 15.4. The number of carbonyl (C=O) groups is 2. The SMILES string of the molecule is CC(/C=C1\SC(=S)N(NC(=O)CSc2nnnn2-c2ccccc2)C1=O)=C\c1ccccc1. The number of allylic oxidation sites excluding steroid dienone is 2. The summed E-state index contributed by atoms with van der Waals surface area (Å²) in [5, 5.41) is 13.2. The largest absolute Gasteiger partial charge is 0.285 e. The first kappa shape index (κ1) is 22.9. The van der Waals surface area contributed by atoms with E-state index in [1.807, 2.05) is 73.7 Å². The van der Waals surface area contributed by atoms with Gasteiger partial charge < -0.3 is 0 Å². The van der Waals surface area contributed by atoms with Crippen molar-refractivity contribution in [3.05, 3.63) is 82.8 Å². The van der Waals surface area contributed by atoms with Gasteiger partial charge in [-0.15, -0.1) is 5.10 Å². The number of para-hydroxylation sites is 1. The van der Waals surface area contributed by atoms with E-state index in [1.54, 1.807) is 10.8 Å². The van der Waals surface area contributed by atoms with E-state index in [-0.39, 0.29) is 16.0 Å². The highest BCUT2D eigenvalue weighted by Gasteiger charge is 2.33. The van der Waals surface area contributed by atoms with Crippen molar-refractivity contribution in [1.82, 2.24) is 30.6 Å². The van der Waals surface area contributed by atoms with E-state index in [9.17, 15) is 9.59 Å². The van der Waals surface area contributed by atoms with Gasteiger partial charge in [0.15, 0.2) is 4.32 Å². The van der Waals surface area contributed by atoms with E-state index in [0.717, 1.165) is 45.4 Å². The molecule has 8 nitrogen and oxygen atoms in total. The Hall–Kier alpha value is -3.28. The summed E-state index contributed by atoms with van der Waals surface area (Å²) in [6.07, 6.45) is 3.74. The number of benzene rings is 2. The van der Waals surface area contributed by atoms with Crippen molar-refractivity contribution < 1.29 is 9.59 Å². The lowest BCUT2D eigenvalue weighted by molar-refractivity contribution is -0.131. The molecule has 33 heavy (non-hydrogen) atoms. The maximum Gasteiger partial charge on any atom is 0.285 e. The Balaban J connectivity index is 1.37. The molecule has 4 rings (SSSR count). The summed E-state index contributed by atoms with van der Waals surface area (Å²) in [6, 6.07) is 19.2. The molecule has 0 spiro atoms. The molecule has 0 unspecified atom stereocenters. The van der Waals surface area contributed by atoms with E-state index in [2.05, 4.69) is 21.0 Å². The minimum Gasteiger partial charge on any atom is -0.272 e. The van der Waals surface area contributed by atoms with Crippen molar-refractivity contribution in [3.63, 3.8) is 0 Å². The maximum absolute atomic E-state index is 12.8. The number of nitrogens with zero attached hydrogens (tertiary/aromatic N) is 5. The van der Waals surface area contributed by atoms with Crippen LogP contribution in [0.1, 0.15) is 12.5 Å². The average Bonchev–Trinajstić information content (AvgIpc) is 3.39. The number of carbonyl (C=O) groups excluding carboxylic acids is 2. The minimum absolute atomic E-state index is 0.0102. The van der Waals surface area contributed by atoms with Gasteiger partial charge in [-0.2, -0.15) is 9.69 Å². The van der Waals surface area contributed by atoms with Gasteiger partial charge in [0.05, 0.1) is 16.3 Å². The van der Waals surface area contributed by atoms with Gasteiger partial charge in [-0.1, -0.05) is 78.1 Å². The second kappa shape index (κ2) is 10.6. The molecule has 1 fully saturated rings. The fraction of sp³-hybridized carbons (Fsp3) is 0.0909. The number of aromatic nitrogens is 4. The van der Waals surface area contributed by atoms with Crippen molar-refractivity contribution in [2.75, 3.05) is 5.75 Å². The van der Waals surface area contributed by atoms with Crippen LogP contribution in [0.2, 0.25) is 0 Å². The van der Waals surface area contributed by atoms with E-state index in [4.69, 9.17) is 12.2 Å². The molecule has 2 aromatic carbocycles. The van der Waals surface area contributed by atoms with Crippen LogP contribution in [0.25, 0.3) is 11.8 Å². The van der Waals surface area contributed by atoms with Gasteiger partial charge in [0.1, 0.15) is 0 Å². The van der Waals surface area contributed by atoms with E-state index in [1.165, 1.54) is 0 Å². The topological polar surface area (TPSA) is 93.0 Å². The zero-order valence-electron chi connectivity index (χ0n) is 17.4. The van der Waals surface area contributed by atoms with Crippen LogP contribution in [0.5, 0.6) is 0 Å². The fourth-order valence-corrected chi connectivity index (χ4v) is 4.82. The van der Waals surface area contributed by atoms with Crippen LogP contribution in [0.3, 0.4) is 0 Å². The van der Waals surface area contributed by atoms with Crippen LogP contribution < -0.4 is 5.43 Å². The van der Waals surface area contributed by atoms with Crippen LogP contribution in [-0.4, -0.2) is 47.1 Å². The summed E-state index contributed by atoms with van der Waals surface area (Å²) in [5.74, 6) is -0.744. The summed E-state index contributed by atoms with van der Waals surface area (Å²) in [6.45, 7) is 1.91. The van der Waals surface area contributed by atoms with Gasteiger partial charge in [-0.25, -0.2) is 0 Å². The summed E-state index contributed by atoms with van der Waals surface area (Å²) in [4.78, 5) is 25.7. The third-order valence-corrected chi connectivity index (χ3v) is 6.58. The molecule has 3 aromatic rings. The Bertz CT molecular complexity index is 1240. The molecule has 0 atom stereocenters. The molecule has 0 aliphatic carbocycles. The fourth-order valence-electron chi connectivity index (χ4n) is 2.91. The lowest BCUT2D eigenvalue weighted by Gasteiger charge is -2.15. The number of rotatable bonds is 7. The summed E-state index contributed by atoms with van der Waals surface area (Å²) in [5.41, 5.74) is 5.29. The molecule has 166 valence electrons. The molecule has 0 saturated carbocycles.